The van der Waals surface area contributed by atoms with Gasteiger partial charge in [0.15, 0.2) is 0 Å². The topological polar surface area (TPSA) is 26.0 Å². The van der Waals surface area contributed by atoms with Crippen LogP contribution >= 0.6 is 0 Å². The van der Waals surface area contributed by atoms with Crippen LogP contribution < -0.4 is 5.73 Å². The minimum atomic E-state index is 0.386. The maximum Gasteiger partial charge on any atom is 0.0111 e. The molecular weight excluding hydrogens is 206 g/mol. The highest BCUT2D eigenvalue weighted by Gasteiger charge is 2.36. The van der Waals surface area contributed by atoms with Gasteiger partial charge in [-0.2, -0.15) is 0 Å². The summed E-state index contributed by atoms with van der Waals surface area (Å²) >= 11 is 0. The molecule has 0 spiro atoms. The Labute approximate surface area is 104 Å². The maximum absolute atomic E-state index is 6.42. The normalized spacial score (nSPS) is 37.5. The summed E-state index contributed by atoms with van der Waals surface area (Å²) in [5.74, 6) is 2.49. The van der Waals surface area contributed by atoms with Gasteiger partial charge in [-0.15, -0.1) is 0 Å². The van der Waals surface area contributed by atoms with Crippen molar-refractivity contribution in [1.29, 1.82) is 0 Å². The number of hydrogen-bond donors (Lipinski definition) is 1. The van der Waals surface area contributed by atoms with Gasteiger partial charge in [-0.3, -0.25) is 0 Å². The van der Waals surface area contributed by atoms with Crippen molar-refractivity contribution >= 4 is 0 Å². The molecule has 4 atom stereocenters. The Morgan fingerprint density at radius 2 is 1.53 bits per heavy atom. The Morgan fingerprint density at radius 3 is 2.24 bits per heavy atom. The van der Waals surface area contributed by atoms with Gasteiger partial charge in [0.1, 0.15) is 0 Å². The van der Waals surface area contributed by atoms with Crippen LogP contribution in [0.2, 0.25) is 0 Å². The summed E-state index contributed by atoms with van der Waals surface area (Å²) in [5, 5.41) is 0. The Bertz CT molecular complexity index is 359. The molecule has 0 amide bonds. The zero-order valence-corrected chi connectivity index (χ0v) is 10.5. The lowest BCUT2D eigenvalue weighted by atomic mass is 9.64. The predicted molar refractivity (Wildman–Crippen MR) is 71.8 cm³/mol. The first-order valence-electron chi connectivity index (χ1n) is 7.15. The van der Waals surface area contributed by atoms with Crippen LogP contribution in [-0.2, 0) is 0 Å². The number of benzene rings is 1. The minimum Gasteiger partial charge on any atom is -0.327 e. The van der Waals surface area contributed by atoms with Gasteiger partial charge < -0.3 is 5.73 Å². The van der Waals surface area contributed by atoms with Gasteiger partial charge in [0.05, 0.1) is 0 Å². The third kappa shape index (κ3) is 2.26. The summed E-state index contributed by atoms with van der Waals surface area (Å²) in [5.41, 5.74) is 7.88. The molecule has 1 heteroatoms. The van der Waals surface area contributed by atoms with Crippen LogP contribution in [-0.4, -0.2) is 6.04 Å². The van der Waals surface area contributed by atoms with Crippen molar-refractivity contribution in [2.24, 2.45) is 17.6 Å². The van der Waals surface area contributed by atoms with Gasteiger partial charge in [-0.05, 0) is 36.2 Å². The Morgan fingerprint density at radius 1 is 0.882 bits per heavy atom. The summed E-state index contributed by atoms with van der Waals surface area (Å²) in [6.07, 6.45) is 8.34. The van der Waals surface area contributed by atoms with Gasteiger partial charge in [-0.25, -0.2) is 0 Å². The monoisotopic (exact) mass is 229 g/mol. The number of nitrogens with two attached hydrogens (primary N) is 1. The van der Waals surface area contributed by atoms with Gasteiger partial charge in [0.2, 0.25) is 0 Å². The minimum absolute atomic E-state index is 0.386. The van der Waals surface area contributed by atoms with E-state index in [1.807, 2.05) is 0 Å². The fourth-order valence-electron chi connectivity index (χ4n) is 4.00. The van der Waals surface area contributed by atoms with Crippen LogP contribution in [0.25, 0.3) is 0 Å². The maximum atomic E-state index is 6.42. The van der Waals surface area contributed by atoms with E-state index >= 15 is 0 Å². The van der Waals surface area contributed by atoms with E-state index in [1.165, 1.54) is 44.1 Å². The fourth-order valence-corrected chi connectivity index (χ4v) is 4.00. The van der Waals surface area contributed by atoms with E-state index in [4.69, 9.17) is 5.73 Å². The number of fused-ring (bicyclic) bond motifs is 1. The van der Waals surface area contributed by atoms with E-state index in [2.05, 4.69) is 30.3 Å². The van der Waals surface area contributed by atoms with Gasteiger partial charge >= 0.3 is 0 Å². The van der Waals surface area contributed by atoms with E-state index in [0.717, 1.165) is 11.8 Å². The largest absolute Gasteiger partial charge is 0.327 e. The Hall–Kier alpha value is -0.820. The molecule has 2 aliphatic rings. The van der Waals surface area contributed by atoms with Crippen LogP contribution in [0.3, 0.4) is 0 Å². The van der Waals surface area contributed by atoms with Crippen molar-refractivity contribution in [3.05, 3.63) is 35.9 Å². The SMILES string of the molecule is N[C@H]1C[C@H]2CCCC[C@H]2C[C@H]1c1ccccc1. The second-order valence-electron chi connectivity index (χ2n) is 5.96. The first kappa shape index (κ1) is 11.3. The summed E-state index contributed by atoms with van der Waals surface area (Å²) in [6, 6.07) is 11.3. The molecule has 0 unspecified atom stereocenters. The molecule has 17 heavy (non-hydrogen) atoms. The van der Waals surface area contributed by atoms with Crippen molar-refractivity contribution in [2.75, 3.05) is 0 Å². The highest BCUT2D eigenvalue weighted by Crippen LogP contribution is 2.45. The lowest BCUT2D eigenvalue weighted by molar-refractivity contribution is 0.139. The summed E-state index contributed by atoms with van der Waals surface area (Å²) < 4.78 is 0. The van der Waals surface area contributed by atoms with Crippen molar-refractivity contribution in [3.8, 4) is 0 Å². The zero-order chi connectivity index (χ0) is 11.7. The Kier molecular flexibility index (Phi) is 3.19. The molecule has 2 saturated carbocycles. The molecule has 0 bridgehead atoms. The first-order valence-corrected chi connectivity index (χ1v) is 7.15. The summed E-state index contributed by atoms with van der Waals surface area (Å²) in [4.78, 5) is 0. The zero-order valence-electron chi connectivity index (χ0n) is 10.5. The number of rotatable bonds is 1. The molecule has 0 heterocycles. The van der Waals surface area contributed by atoms with Crippen LogP contribution in [0.4, 0.5) is 0 Å². The molecule has 2 aliphatic carbocycles. The molecule has 1 nitrogen and oxygen atoms in total. The van der Waals surface area contributed by atoms with Crippen molar-refractivity contribution in [1.82, 2.24) is 0 Å². The van der Waals surface area contributed by atoms with Gasteiger partial charge in [-0.1, -0.05) is 56.0 Å². The lowest BCUT2D eigenvalue weighted by Gasteiger charge is -2.43. The molecule has 2 fully saturated rings. The summed E-state index contributed by atoms with van der Waals surface area (Å²) in [6.45, 7) is 0. The van der Waals surface area contributed by atoms with Crippen LogP contribution in [0.15, 0.2) is 30.3 Å². The first-order chi connectivity index (χ1) is 8.34. The lowest BCUT2D eigenvalue weighted by Crippen LogP contribution is -2.40. The van der Waals surface area contributed by atoms with Crippen LogP contribution in [0, 0.1) is 11.8 Å². The molecule has 3 rings (SSSR count). The predicted octanol–water partition coefficient (Wildman–Crippen LogP) is 3.70. The van der Waals surface area contributed by atoms with E-state index in [0.29, 0.717) is 12.0 Å². The smallest absolute Gasteiger partial charge is 0.0111 e. The molecule has 1 aromatic carbocycles. The second-order valence-corrected chi connectivity index (χ2v) is 5.96. The molecule has 1 aromatic rings. The van der Waals surface area contributed by atoms with Crippen LogP contribution in [0.5, 0.6) is 0 Å². The molecule has 2 N–H and O–H groups in total. The van der Waals surface area contributed by atoms with Gasteiger partial charge in [0.25, 0.3) is 0 Å². The fraction of sp³-hybridized carbons (Fsp3) is 0.625. The van der Waals surface area contributed by atoms with Gasteiger partial charge in [0, 0.05) is 6.04 Å². The van der Waals surface area contributed by atoms with Crippen molar-refractivity contribution < 1.29 is 0 Å². The third-order valence-electron chi connectivity index (χ3n) is 4.94. The molecule has 0 radical (unpaired) electrons. The Balaban J connectivity index is 1.78. The quantitative estimate of drug-likeness (QED) is 0.780. The third-order valence-corrected chi connectivity index (χ3v) is 4.94. The van der Waals surface area contributed by atoms with E-state index < -0.39 is 0 Å². The standard InChI is InChI=1S/C16H23N/c17-16-11-14-9-5-4-8-13(14)10-15(16)12-6-2-1-3-7-12/h1-3,6-7,13-16H,4-5,8-11,17H2/t13-,14+,15-,16-/m0/s1. The summed E-state index contributed by atoms with van der Waals surface area (Å²) in [7, 11) is 0. The van der Waals surface area contributed by atoms with Crippen LogP contribution in [0.1, 0.15) is 50.0 Å². The van der Waals surface area contributed by atoms with E-state index in [1.54, 1.807) is 0 Å². The average Bonchev–Trinajstić information content (AvgIpc) is 2.39. The molecular formula is C16H23N. The van der Waals surface area contributed by atoms with E-state index in [-0.39, 0.29) is 0 Å². The van der Waals surface area contributed by atoms with Crippen molar-refractivity contribution in [3.63, 3.8) is 0 Å². The number of hydrogen-bond acceptors (Lipinski definition) is 1. The molecule has 92 valence electrons. The molecule has 0 aromatic heterocycles. The highest BCUT2D eigenvalue weighted by atomic mass is 14.7. The average molecular weight is 229 g/mol. The highest BCUT2D eigenvalue weighted by molar-refractivity contribution is 5.22. The molecule has 0 saturated heterocycles. The van der Waals surface area contributed by atoms with Crippen molar-refractivity contribution in [2.45, 2.75) is 50.5 Å². The molecule has 0 aliphatic heterocycles. The second kappa shape index (κ2) is 4.81. The van der Waals surface area contributed by atoms with E-state index in [9.17, 15) is 0 Å².